The molecule has 0 saturated heterocycles. The van der Waals surface area contributed by atoms with Gasteiger partial charge in [0.25, 0.3) is 0 Å². The number of nitrogens with zero attached hydrogens (tertiary/aromatic N) is 1. The Bertz CT molecular complexity index is 4100. The lowest BCUT2D eigenvalue weighted by Crippen LogP contribution is -2.74. The predicted octanol–water partition coefficient (Wildman–Crippen LogP) is 14.3. The van der Waals surface area contributed by atoms with E-state index >= 15 is 0 Å². The number of hydrogen-bond acceptors (Lipinski definition) is 1. The Kier molecular flexibility index (Phi) is 16.7. The van der Waals surface area contributed by atoms with Crippen molar-refractivity contribution in [3.63, 3.8) is 0 Å². The van der Waals surface area contributed by atoms with Crippen LogP contribution in [-0.4, -0.2) is 24.2 Å². The van der Waals surface area contributed by atoms with Crippen molar-refractivity contribution in [2.24, 2.45) is 0 Å². The second-order valence-electron chi connectivity index (χ2n) is 24.3. The zero-order valence-corrected chi connectivity index (χ0v) is 55.3. The van der Waals surface area contributed by atoms with Crippen LogP contribution in [0.25, 0.3) is 33.4 Å². The van der Waals surface area contributed by atoms with Gasteiger partial charge in [-0.2, -0.15) is 0 Å². The predicted molar refractivity (Wildman–Crippen MR) is 408 cm³/mol. The highest BCUT2D eigenvalue weighted by molar-refractivity contribution is 7.21. The van der Waals surface area contributed by atoms with Gasteiger partial charge in [0.05, 0.1) is 0 Å². The van der Waals surface area contributed by atoms with Gasteiger partial charge in [-0.25, -0.2) is 0 Å². The highest BCUT2D eigenvalue weighted by Gasteiger charge is 2.44. The minimum absolute atomic E-state index is 1.08. The molecule has 4 heteroatoms. The maximum absolute atomic E-state index is 2.68. The maximum Gasteiger partial charge on any atom is 0.179 e. The van der Waals surface area contributed by atoms with Crippen molar-refractivity contribution in [2.75, 3.05) is 4.90 Å². The fraction of sp³-hybridized carbons (Fsp3) is 0. The summed E-state index contributed by atoms with van der Waals surface area (Å²) in [5.74, 6) is 0. The third-order valence-electron chi connectivity index (χ3n) is 19.2. The average Bonchev–Trinajstić information content (AvgIpc) is 0.760. The Morgan fingerprint density at radius 1 is 0.117 bits per heavy atom. The zero-order valence-electron chi connectivity index (χ0n) is 52.3. The molecule has 0 radical (unpaired) electrons. The number of anilines is 3. The van der Waals surface area contributed by atoms with E-state index in [1.165, 1.54) is 78.9 Å². The fourth-order valence-corrected chi connectivity index (χ4v) is 29.0. The Morgan fingerprint density at radius 3 is 0.372 bits per heavy atom. The first-order valence-corrected chi connectivity index (χ1v) is 38.5. The van der Waals surface area contributed by atoms with Crippen LogP contribution in [-0.2, 0) is 0 Å². The van der Waals surface area contributed by atoms with Crippen LogP contribution in [0.3, 0.4) is 0 Å². The smallest absolute Gasteiger partial charge is 0.179 e. The standard InChI is InChI=1S/C90H69NSi3/c1-10-28-79(29-11-1)92(80-30-12-2-13-31-80,81-32-14-3-15-33-81)88-64-52-73(53-65-88)70-46-58-76(59-47-70)91(77-60-48-71(49-61-77)74-54-66-89(67-55-74)93(82-34-16-4-17-35-82,83-36-18-5-19-37-83)84-38-20-6-21-39-84)78-62-50-72(51-63-78)75-56-68-90(69-57-75)94(85-40-22-7-23-41-85,86-42-24-8-25-43-86)87-44-26-9-27-45-87/h1-69H. The quantitative estimate of drug-likeness (QED) is 0.0611. The topological polar surface area (TPSA) is 3.24 Å². The summed E-state index contributed by atoms with van der Waals surface area (Å²) in [6.07, 6.45) is 0. The van der Waals surface area contributed by atoms with Crippen LogP contribution in [0, 0.1) is 0 Å². The summed E-state index contributed by atoms with van der Waals surface area (Å²) in [4.78, 5) is 2.39. The van der Waals surface area contributed by atoms with Gasteiger partial charge in [-0.05, 0) is 132 Å². The van der Waals surface area contributed by atoms with Crippen molar-refractivity contribution >= 4 is 104 Å². The molecule has 15 rings (SSSR count). The minimum Gasteiger partial charge on any atom is -0.311 e. The molecule has 15 aromatic carbocycles. The van der Waals surface area contributed by atoms with Crippen LogP contribution in [0.4, 0.5) is 17.1 Å². The van der Waals surface area contributed by atoms with Crippen molar-refractivity contribution < 1.29 is 0 Å². The van der Waals surface area contributed by atoms with E-state index in [0.717, 1.165) is 33.8 Å². The number of rotatable bonds is 18. The molecule has 0 fully saturated rings. The van der Waals surface area contributed by atoms with Crippen molar-refractivity contribution in [3.8, 4) is 33.4 Å². The highest BCUT2D eigenvalue weighted by atomic mass is 28.3. The van der Waals surface area contributed by atoms with E-state index in [-0.39, 0.29) is 0 Å². The first-order chi connectivity index (χ1) is 46.6. The van der Waals surface area contributed by atoms with Crippen molar-refractivity contribution in [1.82, 2.24) is 0 Å². The second kappa shape index (κ2) is 26.5. The Balaban J connectivity index is 0.789. The normalized spacial score (nSPS) is 11.6. The van der Waals surface area contributed by atoms with E-state index in [9.17, 15) is 0 Å². The molecule has 0 aliphatic heterocycles. The summed E-state index contributed by atoms with van der Waals surface area (Å²) in [5.41, 5.74) is 10.3. The Hall–Kier alpha value is -11.2. The van der Waals surface area contributed by atoms with Crippen LogP contribution >= 0.6 is 0 Å². The SMILES string of the molecule is c1ccc([Si](c2ccccc2)(c2ccccc2)c2ccc(-c3ccc(N(c4ccc(-c5ccc([Si](c6ccccc6)(c6ccccc6)c6ccccc6)cc5)cc4)c4ccc(-c5ccc([Si](c6ccccc6)(c6ccccc6)c6ccccc6)cc5)cc4)cc3)cc2)cc1. The van der Waals surface area contributed by atoms with Gasteiger partial charge in [0.2, 0.25) is 0 Å². The second-order valence-corrected chi connectivity index (χ2v) is 35.7. The number of benzene rings is 15. The molecule has 0 atom stereocenters. The van der Waals surface area contributed by atoms with Gasteiger partial charge in [0.15, 0.2) is 24.2 Å². The highest BCUT2D eigenvalue weighted by Crippen LogP contribution is 2.38. The average molecular weight is 1250 g/mol. The van der Waals surface area contributed by atoms with E-state index in [4.69, 9.17) is 0 Å². The Morgan fingerprint density at radius 2 is 0.234 bits per heavy atom. The van der Waals surface area contributed by atoms with Gasteiger partial charge in [0, 0.05) is 17.1 Å². The van der Waals surface area contributed by atoms with Gasteiger partial charge in [-0.1, -0.05) is 382 Å². The summed E-state index contributed by atoms with van der Waals surface area (Å²) < 4.78 is 0. The van der Waals surface area contributed by atoms with E-state index in [1.54, 1.807) is 0 Å². The lowest BCUT2D eigenvalue weighted by atomic mass is 10.0. The van der Waals surface area contributed by atoms with Crippen LogP contribution in [0.5, 0.6) is 0 Å². The van der Waals surface area contributed by atoms with Crippen molar-refractivity contribution in [1.29, 1.82) is 0 Å². The lowest BCUT2D eigenvalue weighted by molar-refractivity contribution is 1.28. The monoisotopic (exact) mass is 1250 g/mol. The van der Waals surface area contributed by atoms with Crippen LogP contribution in [0.1, 0.15) is 0 Å². The third-order valence-corrected chi connectivity index (χ3v) is 33.6. The molecular weight excluding hydrogens is 1180 g/mol. The molecule has 94 heavy (non-hydrogen) atoms. The molecule has 0 aliphatic carbocycles. The van der Waals surface area contributed by atoms with Crippen LogP contribution in [0.2, 0.25) is 0 Å². The molecule has 0 heterocycles. The molecule has 0 aliphatic rings. The van der Waals surface area contributed by atoms with E-state index < -0.39 is 24.2 Å². The first-order valence-electron chi connectivity index (χ1n) is 32.5. The molecule has 15 aromatic rings. The van der Waals surface area contributed by atoms with Crippen molar-refractivity contribution in [3.05, 3.63) is 419 Å². The summed E-state index contributed by atoms with van der Waals surface area (Å²) in [6, 6.07) is 156. The summed E-state index contributed by atoms with van der Waals surface area (Å²) in [7, 11) is -8.03. The third kappa shape index (κ3) is 10.9. The Labute approximate surface area is 556 Å². The number of hydrogen-bond donors (Lipinski definition) is 0. The maximum atomic E-state index is 2.39. The zero-order chi connectivity index (χ0) is 63.0. The van der Waals surface area contributed by atoms with E-state index in [2.05, 4.69) is 423 Å². The van der Waals surface area contributed by atoms with E-state index in [0.29, 0.717) is 0 Å². The van der Waals surface area contributed by atoms with Crippen molar-refractivity contribution in [2.45, 2.75) is 0 Å². The fourth-order valence-electron chi connectivity index (χ4n) is 14.8. The van der Waals surface area contributed by atoms with Gasteiger partial charge in [0.1, 0.15) is 0 Å². The molecule has 1 nitrogen and oxygen atoms in total. The van der Waals surface area contributed by atoms with Gasteiger partial charge in [-0.15, -0.1) is 0 Å². The lowest BCUT2D eigenvalue weighted by Gasteiger charge is -2.34. The molecular formula is C90H69NSi3. The largest absolute Gasteiger partial charge is 0.311 e. The summed E-state index contributed by atoms with van der Waals surface area (Å²) in [5, 5.41) is 16.3. The first kappa shape index (κ1) is 59.1. The van der Waals surface area contributed by atoms with Crippen LogP contribution in [0.15, 0.2) is 419 Å². The van der Waals surface area contributed by atoms with E-state index in [1.807, 2.05) is 0 Å². The molecule has 0 N–H and O–H groups in total. The molecule has 0 spiro atoms. The summed E-state index contributed by atoms with van der Waals surface area (Å²) >= 11 is 0. The molecule has 0 aromatic heterocycles. The molecule has 446 valence electrons. The van der Waals surface area contributed by atoms with Gasteiger partial charge in [-0.3, -0.25) is 0 Å². The van der Waals surface area contributed by atoms with Gasteiger partial charge < -0.3 is 4.90 Å². The minimum atomic E-state index is -2.68. The molecule has 0 amide bonds. The molecule has 0 unspecified atom stereocenters. The molecule has 0 saturated carbocycles. The van der Waals surface area contributed by atoms with Gasteiger partial charge >= 0.3 is 0 Å². The molecule has 0 bridgehead atoms. The van der Waals surface area contributed by atoms with Crippen LogP contribution < -0.4 is 67.1 Å². The summed E-state index contributed by atoms with van der Waals surface area (Å²) in [6.45, 7) is 0.